The van der Waals surface area contributed by atoms with Crippen molar-refractivity contribution < 1.29 is 9.47 Å². The normalized spacial score (nSPS) is 18.7. The van der Waals surface area contributed by atoms with E-state index in [0.29, 0.717) is 29.3 Å². The summed E-state index contributed by atoms with van der Waals surface area (Å²) < 4.78 is 10.2. The van der Waals surface area contributed by atoms with Crippen LogP contribution in [0.3, 0.4) is 0 Å². The average molecular weight is 528 g/mol. The molecule has 2 aromatic carbocycles. The van der Waals surface area contributed by atoms with Gasteiger partial charge in [-0.3, -0.25) is 0 Å². The van der Waals surface area contributed by atoms with Crippen molar-refractivity contribution in [1.29, 1.82) is 0 Å². The molecule has 4 rings (SSSR count). The Bertz CT molecular complexity index is 1020. The molecule has 8 nitrogen and oxygen atoms in total. The summed E-state index contributed by atoms with van der Waals surface area (Å²) in [6.45, 7) is 5.63. The number of aliphatic imine (C=N–C) groups is 2. The fourth-order valence-corrected chi connectivity index (χ4v) is 3.94. The SMILES string of the molecule is CCN(C[C@H]1COC(N)=N1)c1ccc(Cl)cc1.CN(C[C@H]1COC(N)=N1)c1ccc(Cl)c(Cl)c1. The van der Waals surface area contributed by atoms with Crippen molar-refractivity contribution in [3.8, 4) is 0 Å². The summed E-state index contributed by atoms with van der Waals surface area (Å²) >= 11 is 17.7. The molecule has 2 aromatic rings. The van der Waals surface area contributed by atoms with Gasteiger partial charge in [0.1, 0.15) is 25.3 Å². The van der Waals surface area contributed by atoms with Crippen molar-refractivity contribution in [2.45, 2.75) is 19.0 Å². The number of likely N-dealkylation sites (N-methyl/N-ethyl adjacent to an activating group) is 2. The van der Waals surface area contributed by atoms with Crippen LogP contribution in [0.1, 0.15) is 6.92 Å². The van der Waals surface area contributed by atoms with Gasteiger partial charge in [-0.25, -0.2) is 9.98 Å². The molecule has 11 heteroatoms. The van der Waals surface area contributed by atoms with Crippen LogP contribution in [-0.2, 0) is 9.47 Å². The zero-order valence-electron chi connectivity index (χ0n) is 19.1. The Morgan fingerprint density at radius 1 is 0.853 bits per heavy atom. The average Bonchev–Trinajstić information content (AvgIpc) is 3.42. The number of rotatable bonds is 7. The van der Waals surface area contributed by atoms with Gasteiger partial charge in [0.2, 0.25) is 0 Å². The van der Waals surface area contributed by atoms with Crippen molar-refractivity contribution >= 4 is 58.2 Å². The molecule has 0 bridgehead atoms. The maximum Gasteiger partial charge on any atom is 0.282 e. The number of benzene rings is 2. The molecule has 0 saturated heterocycles. The molecule has 0 aliphatic carbocycles. The summed E-state index contributed by atoms with van der Waals surface area (Å²) in [5.74, 6) is 0. The molecule has 2 atom stereocenters. The molecule has 34 heavy (non-hydrogen) atoms. The van der Waals surface area contributed by atoms with E-state index < -0.39 is 0 Å². The van der Waals surface area contributed by atoms with Gasteiger partial charge in [0.15, 0.2) is 0 Å². The highest BCUT2D eigenvalue weighted by atomic mass is 35.5. The Labute approximate surface area is 215 Å². The summed E-state index contributed by atoms with van der Waals surface area (Å²) in [5.41, 5.74) is 13.1. The van der Waals surface area contributed by atoms with Gasteiger partial charge in [0.25, 0.3) is 12.0 Å². The Morgan fingerprint density at radius 3 is 1.91 bits per heavy atom. The first-order chi connectivity index (χ1) is 16.2. The number of anilines is 2. The Morgan fingerprint density at radius 2 is 1.41 bits per heavy atom. The first-order valence-electron chi connectivity index (χ1n) is 10.8. The van der Waals surface area contributed by atoms with Gasteiger partial charge >= 0.3 is 0 Å². The van der Waals surface area contributed by atoms with Gasteiger partial charge < -0.3 is 30.7 Å². The van der Waals surface area contributed by atoms with Crippen molar-refractivity contribution in [2.75, 3.05) is 49.7 Å². The second-order valence-corrected chi connectivity index (χ2v) is 9.11. The highest BCUT2D eigenvalue weighted by molar-refractivity contribution is 6.42. The van der Waals surface area contributed by atoms with E-state index in [9.17, 15) is 0 Å². The van der Waals surface area contributed by atoms with Gasteiger partial charge in [-0.1, -0.05) is 34.8 Å². The monoisotopic (exact) mass is 526 g/mol. The third-order valence-corrected chi connectivity index (χ3v) is 6.29. The van der Waals surface area contributed by atoms with Crippen LogP contribution >= 0.6 is 34.8 Å². The zero-order chi connectivity index (χ0) is 24.7. The van der Waals surface area contributed by atoms with Crippen LogP contribution in [-0.4, -0.2) is 64.0 Å². The first kappa shape index (κ1) is 26.1. The van der Waals surface area contributed by atoms with Crippen LogP contribution < -0.4 is 21.3 Å². The van der Waals surface area contributed by atoms with Gasteiger partial charge in [-0.15, -0.1) is 0 Å². The van der Waals surface area contributed by atoms with E-state index in [4.69, 9.17) is 55.7 Å². The van der Waals surface area contributed by atoms with E-state index in [0.717, 1.165) is 36.0 Å². The predicted octanol–water partition coefficient (Wildman–Crippen LogP) is 4.02. The van der Waals surface area contributed by atoms with Crippen LogP contribution in [0.5, 0.6) is 0 Å². The van der Waals surface area contributed by atoms with Crippen molar-refractivity contribution in [3.63, 3.8) is 0 Å². The fraction of sp³-hybridized carbons (Fsp3) is 0.391. The topological polar surface area (TPSA) is 102 Å². The smallest absolute Gasteiger partial charge is 0.282 e. The van der Waals surface area contributed by atoms with Crippen LogP contribution in [0.4, 0.5) is 11.4 Å². The Kier molecular flexibility index (Phi) is 9.38. The van der Waals surface area contributed by atoms with Crippen LogP contribution in [0.15, 0.2) is 52.4 Å². The predicted molar refractivity (Wildman–Crippen MR) is 142 cm³/mol. The molecule has 2 aliphatic heterocycles. The minimum absolute atomic E-state index is 0.0643. The largest absolute Gasteiger partial charge is 0.463 e. The van der Waals surface area contributed by atoms with Crippen LogP contribution in [0, 0.1) is 0 Å². The molecule has 2 aliphatic rings. The third-order valence-electron chi connectivity index (χ3n) is 5.30. The lowest BCUT2D eigenvalue weighted by molar-refractivity contribution is 0.313. The fourth-order valence-electron chi connectivity index (χ4n) is 3.53. The Balaban J connectivity index is 0.000000191. The first-order valence-corrected chi connectivity index (χ1v) is 12.0. The van der Waals surface area contributed by atoms with Crippen molar-refractivity contribution in [3.05, 3.63) is 57.5 Å². The van der Waals surface area contributed by atoms with Crippen molar-refractivity contribution in [1.82, 2.24) is 0 Å². The van der Waals surface area contributed by atoms with Gasteiger partial charge in [-0.2, -0.15) is 0 Å². The third kappa shape index (κ3) is 7.48. The van der Waals surface area contributed by atoms with E-state index in [1.54, 1.807) is 6.07 Å². The number of nitrogens with two attached hydrogens (primary N) is 2. The molecule has 0 fully saturated rings. The second kappa shape index (κ2) is 12.2. The lowest BCUT2D eigenvalue weighted by atomic mass is 10.2. The number of nitrogens with zero attached hydrogens (tertiary/aromatic N) is 4. The van der Waals surface area contributed by atoms with E-state index in [1.165, 1.54) is 0 Å². The quantitative estimate of drug-likeness (QED) is 0.564. The molecule has 0 amide bonds. The lowest BCUT2D eigenvalue weighted by Gasteiger charge is -2.24. The van der Waals surface area contributed by atoms with Crippen LogP contribution in [0.2, 0.25) is 15.1 Å². The molecule has 2 heterocycles. The molecule has 0 saturated carbocycles. The summed E-state index contributed by atoms with van der Waals surface area (Å²) in [7, 11) is 1.96. The van der Waals surface area contributed by atoms with E-state index in [-0.39, 0.29) is 18.1 Å². The minimum Gasteiger partial charge on any atom is -0.463 e. The van der Waals surface area contributed by atoms with Crippen LogP contribution in [0.25, 0.3) is 0 Å². The number of ether oxygens (including phenoxy) is 2. The Hall–Kier alpha value is -2.55. The summed E-state index contributed by atoms with van der Waals surface area (Å²) in [6.07, 6.45) is 0. The zero-order valence-corrected chi connectivity index (χ0v) is 21.4. The number of halogens is 3. The molecular weight excluding hydrogens is 499 g/mol. The van der Waals surface area contributed by atoms with Gasteiger partial charge in [0.05, 0.1) is 10.0 Å². The molecule has 0 aromatic heterocycles. The van der Waals surface area contributed by atoms with Gasteiger partial charge in [0, 0.05) is 43.1 Å². The maximum atomic E-state index is 5.97. The van der Waals surface area contributed by atoms with E-state index >= 15 is 0 Å². The lowest BCUT2D eigenvalue weighted by Crippen LogP contribution is -2.32. The highest BCUT2D eigenvalue weighted by Crippen LogP contribution is 2.27. The minimum atomic E-state index is 0.0643. The molecule has 0 radical (unpaired) electrons. The number of hydrogen-bond acceptors (Lipinski definition) is 8. The standard InChI is InChI=1S/C12H16ClN3O.C11H13Cl2N3O/c1-2-16(7-10-8-17-12(14)15-10)11-5-3-9(13)4-6-11;1-16(5-7-6-17-11(14)15-7)8-2-3-9(12)10(13)4-8/h3-6,10H,2,7-8H2,1H3,(H2,14,15);2-4,7H,5-6H2,1H3,(H2,14,15)/t10-;7-/m00/s1. The molecule has 0 spiro atoms. The van der Waals surface area contributed by atoms with E-state index in [2.05, 4.69) is 21.8 Å². The summed E-state index contributed by atoms with van der Waals surface area (Å²) in [6, 6.07) is 14.1. The maximum absolute atomic E-state index is 5.97. The van der Waals surface area contributed by atoms with E-state index in [1.807, 2.05) is 48.3 Å². The molecular formula is C23H29Cl3N6O2. The van der Waals surface area contributed by atoms with Gasteiger partial charge in [-0.05, 0) is 49.4 Å². The second-order valence-electron chi connectivity index (χ2n) is 7.86. The molecule has 4 N–H and O–H groups in total. The summed E-state index contributed by atoms with van der Waals surface area (Å²) in [4.78, 5) is 12.7. The number of hydrogen-bond donors (Lipinski definition) is 2. The number of amidine groups is 2. The molecule has 0 unspecified atom stereocenters. The molecule has 184 valence electrons. The summed E-state index contributed by atoms with van der Waals surface area (Å²) in [5, 5.41) is 1.84. The highest BCUT2D eigenvalue weighted by Gasteiger charge is 2.20. The van der Waals surface area contributed by atoms with Crippen molar-refractivity contribution in [2.24, 2.45) is 21.5 Å².